The van der Waals surface area contributed by atoms with Crippen LogP contribution < -0.4 is 25.0 Å². The first-order valence-electron chi connectivity index (χ1n) is 13.7. The molecule has 17 heteroatoms. The van der Waals surface area contributed by atoms with E-state index in [1.54, 1.807) is 24.3 Å². The number of sulfonamides is 1. The van der Waals surface area contributed by atoms with Crippen LogP contribution in [-0.4, -0.2) is 43.1 Å². The average Bonchev–Trinajstić information content (AvgIpc) is 3.46. The first-order valence-corrected chi connectivity index (χ1v) is 16.9. The number of ether oxygens (including phenoxy) is 1. The first-order chi connectivity index (χ1) is 22.2. The van der Waals surface area contributed by atoms with Gasteiger partial charge in [-0.2, -0.15) is 13.2 Å². The zero-order valence-electron chi connectivity index (χ0n) is 24.1. The fourth-order valence-electron chi connectivity index (χ4n) is 5.64. The van der Waals surface area contributed by atoms with Crippen LogP contribution in [0, 0.1) is 5.92 Å². The van der Waals surface area contributed by atoms with Crippen molar-refractivity contribution in [2.45, 2.75) is 33.8 Å². The molecule has 1 aromatic heterocycles. The molecule has 0 spiro atoms. The Kier molecular flexibility index (Phi) is 8.27. The summed E-state index contributed by atoms with van der Waals surface area (Å²) in [5.41, 5.74) is -1.000. The van der Waals surface area contributed by atoms with E-state index in [0.717, 1.165) is 45.9 Å². The molecule has 2 aliphatic heterocycles. The van der Waals surface area contributed by atoms with Gasteiger partial charge in [-0.1, -0.05) is 47.4 Å². The second-order valence-electron chi connectivity index (χ2n) is 10.6. The van der Waals surface area contributed by atoms with Gasteiger partial charge in [0.1, 0.15) is 17.5 Å². The number of nitrogens with one attached hydrogen (secondary N) is 1. The third-order valence-electron chi connectivity index (χ3n) is 7.74. The minimum Gasteiger partial charge on any atom is -0.497 e. The number of methoxy groups -OCH3 is 1. The average molecular weight is 705 g/mol. The molecule has 11 nitrogen and oxygen atoms in total. The van der Waals surface area contributed by atoms with Gasteiger partial charge in [-0.15, -0.1) is 0 Å². The molecule has 0 aliphatic carbocycles. The monoisotopic (exact) mass is 704 g/mol. The maximum atomic E-state index is 14.0. The number of alkyl halides is 3. The quantitative estimate of drug-likeness (QED) is 0.273. The number of hydrogen-bond acceptors (Lipinski definition) is 9. The molecule has 3 amide bonds. The second-order valence-corrected chi connectivity index (χ2v) is 14.3. The van der Waals surface area contributed by atoms with Crippen LogP contribution in [0.4, 0.5) is 24.5 Å². The molecule has 3 aromatic carbocycles. The molecular weight excluding hydrogens is 682 g/mol. The van der Waals surface area contributed by atoms with E-state index in [4.69, 9.17) is 9.88 Å². The van der Waals surface area contributed by atoms with Crippen molar-refractivity contribution in [2.24, 2.45) is 11.1 Å². The molecule has 3 N–H and O–H groups in total. The van der Waals surface area contributed by atoms with Gasteiger partial charge >= 0.3 is 11.0 Å². The Bertz CT molecular complexity index is 2080. The number of carbonyl (C=O) groups is 3. The summed E-state index contributed by atoms with van der Waals surface area (Å²) in [7, 11) is -2.50. The van der Waals surface area contributed by atoms with Crippen molar-refractivity contribution in [1.82, 2.24) is 4.57 Å². The molecular formula is C30H23F3N4O7S3. The summed E-state index contributed by atoms with van der Waals surface area (Å²) in [5, 5.41) is 6.70. The lowest BCUT2D eigenvalue weighted by atomic mass is 9.83. The van der Waals surface area contributed by atoms with E-state index in [1.807, 2.05) is 0 Å². The lowest BCUT2D eigenvalue weighted by Gasteiger charge is -2.30. The number of hydrogen-bond donors (Lipinski definition) is 2. The Hall–Kier alpha value is -4.45. The fraction of sp³-hybridized carbons (Fsp3) is 0.200. The number of para-hydroxylation sites is 1. The van der Waals surface area contributed by atoms with Crippen molar-refractivity contribution in [2.75, 3.05) is 17.3 Å². The van der Waals surface area contributed by atoms with Crippen molar-refractivity contribution < 1.29 is 40.7 Å². The van der Waals surface area contributed by atoms with E-state index in [1.165, 1.54) is 37.4 Å². The smallest absolute Gasteiger partial charge is 0.418 e. The number of imide groups is 1. The third-order valence-corrected chi connectivity index (χ3v) is 11.3. The minimum absolute atomic E-state index is 0.170. The van der Waals surface area contributed by atoms with E-state index in [9.17, 15) is 40.8 Å². The van der Waals surface area contributed by atoms with Gasteiger partial charge in [-0.3, -0.25) is 23.7 Å². The fourth-order valence-corrected chi connectivity index (χ4v) is 8.93. The summed E-state index contributed by atoms with van der Waals surface area (Å²) in [5.74, 6) is -3.96. The van der Waals surface area contributed by atoms with E-state index >= 15 is 0 Å². The minimum atomic E-state index is -4.85. The molecule has 1 saturated heterocycles. The number of benzene rings is 3. The maximum Gasteiger partial charge on any atom is 0.418 e. The topological polar surface area (TPSA) is 158 Å². The standard InChI is InChI=1S/C30H23F3N4O7S3/c1-44-17-10-6-15(7-11-17)22-23-24(27(40)37(26(23)39)20-5-3-2-4-19(20)30(31,32)33)45-28-25(22)46-29(41)36(28)14-21(38)35-16-8-12-18(13-9-16)47(34,42)43/h2-13,22-24H,14H2,1H3,(H,35,38)(H2,34,42,43). The van der Waals surface area contributed by atoms with Gasteiger partial charge < -0.3 is 10.1 Å². The molecule has 3 unspecified atom stereocenters. The zero-order chi connectivity index (χ0) is 33.8. The number of amides is 3. The summed E-state index contributed by atoms with van der Waals surface area (Å²) in [4.78, 5) is 54.5. The molecule has 3 heterocycles. The van der Waals surface area contributed by atoms with Crippen LogP contribution in [0.25, 0.3) is 0 Å². The second kappa shape index (κ2) is 12.0. The normalized spacial score (nSPS) is 19.3. The van der Waals surface area contributed by atoms with E-state index < -0.39 is 73.7 Å². The van der Waals surface area contributed by atoms with Crippen molar-refractivity contribution >= 4 is 62.2 Å². The Balaban J connectivity index is 1.39. The highest BCUT2D eigenvalue weighted by atomic mass is 32.2. The Morgan fingerprint density at radius 1 is 0.979 bits per heavy atom. The van der Waals surface area contributed by atoms with Gasteiger partial charge in [0.15, 0.2) is 0 Å². The number of thiazole rings is 1. The van der Waals surface area contributed by atoms with Crippen LogP contribution in [0.5, 0.6) is 5.75 Å². The van der Waals surface area contributed by atoms with Gasteiger partial charge in [0, 0.05) is 16.5 Å². The van der Waals surface area contributed by atoms with E-state index in [-0.39, 0.29) is 15.6 Å². The number of thioether (sulfide) groups is 1. The van der Waals surface area contributed by atoms with Crippen molar-refractivity contribution in [3.05, 3.63) is 98.5 Å². The highest BCUT2D eigenvalue weighted by Crippen LogP contribution is 2.54. The molecule has 244 valence electrons. The number of carbonyl (C=O) groups excluding carboxylic acids is 3. The first kappa shape index (κ1) is 32.5. The molecule has 4 aromatic rings. The number of nitrogens with two attached hydrogens (primary N) is 1. The predicted octanol–water partition coefficient (Wildman–Crippen LogP) is 4.02. The Labute approximate surface area is 273 Å². The van der Waals surface area contributed by atoms with E-state index in [2.05, 4.69) is 5.32 Å². The number of aromatic nitrogens is 1. The van der Waals surface area contributed by atoms with Crippen molar-refractivity contribution in [1.29, 1.82) is 0 Å². The molecule has 2 aliphatic rings. The third kappa shape index (κ3) is 5.95. The molecule has 6 rings (SSSR count). The Morgan fingerprint density at radius 2 is 1.64 bits per heavy atom. The lowest BCUT2D eigenvalue weighted by molar-refractivity contribution is -0.137. The highest BCUT2D eigenvalue weighted by molar-refractivity contribution is 8.00. The molecule has 0 saturated carbocycles. The number of halogens is 3. The predicted molar refractivity (Wildman–Crippen MR) is 167 cm³/mol. The number of rotatable bonds is 7. The molecule has 3 atom stereocenters. The summed E-state index contributed by atoms with van der Waals surface area (Å²) in [6, 6.07) is 15.9. The van der Waals surface area contributed by atoms with Gasteiger partial charge in [0.2, 0.25) is 27.7 Å². The molecule has 1 fully saturated rings. The number of primary sulfonamides is 1. The van der Waals surface area contributed by atoms with Crippen LogP contribution in [0.3, 0.4) is 0 Å². The maximum absolute atomic E-state index is 14.0. The largest absolute Gasteiger partial charge is 0.497 e. The van der Waals surface area contributed by atoms with Gasteiger partial charge in [-0.05, 0) is 54.1 Å². The summed E-state index contributed by atoms with van der Waals surface area (Å²) in [6.45, 7) is -0.510. The van der Waals surface area contributed by atoms with Crippen LogP contribution in [0.1, 0.15) is 21.9 Å². The Morgan fingerprint density at radius 3 is 2.26 bits per heavy atom. The summed E-state index contributed by atoms with van der Waals surface area (Å²) < 4.78 is 71.4. The van der Waals surface area contributed by atoms with Crippen LogP contribution >= 0.6 is 23.1 Å². The number of fused-ring (bicyclic) bond motifs is 2. The highest BCUT2D eigenvalue weighted by Gasteiger charge is 2.57. The summed E-state index contributed by atoms with van der Waals surface area (Å²) >= 11 is 1.62. The van der Waals surface area contributed by atoms with Crippen molar-refractivity contribution in [3.8, 4) is 5.75 Å². The van der Waals surface area contributed by atoms with E-state index in [0.29, 0.717) is 21.1 Å². The lowest BCUT2D eigenvalue weighted by Crippen LogP contribution is -2.33. The summed E-state index contributed by atoms with van der Waals surface area (Å²) in [6.07, 6.45) is -4.85. The van der Waals surface area contributed by atoms with Gasteiger partial charge in [-0.25, -0.2) is 18.5 Å². The van der Waals surface area contributed by atoms with Crippen LogP contribution in [0.15, 0.2) is 87.5 Å². The number of anilines is 2. The zero-order valence-corrected chi connectivity index (χ0v) is 26.5. The molecule has 0 radical (unpaired) electrons. The number of nitrogens with zero attached hydrogens (tertiary/aromatic N) is 2. The van der Waals surface area contributed by atoms with Crippen molar-refractivity contribution in [3.63, 3.8) is 0 Å². The van der Waals surface area contributed by atoms with Crippen LogP contribution in [0.2, 0.25) is 0 Å². The van der Waals surface area contributed by atoms with Crippen LogP contribution in [-0.2, 0) is 37.1 Å². The van der Waals surface area contributed by atoms with Gasteiger partial charge in [0.05, 0.1) is 34.2 Å². The molecule has 0 bridgehead atoms. The molecule has 47 heavy (non-hydrogen) atoms. The van der Waals surface area contributed by atoms with Gasteiger partial charge in [0.25, 0.3) is 0 Å². The SMILES string of the molecule is COc1ccc(C2c3sc(=O)n(CC(=O)Nc4ccc(S(N)(=O)=O)cc4)c3SC3C(=O)N(c4ccccc4C(F)(F)F)C(=O)C32)cc1.